The average Bonchev–Trinajstić information content (AvgIpc) is 2.84. The fourth-order valence-electron chi connectivity index (χ4n) is 3.63. The summed E-state index contributed by atoms with van der Waals surface area (Å²) < 4.78 is 5.25. The molecule has 2 saturated heterocycles. The molecule has 1 aromatic heterocycles. The van der Waals surface area contributed by atoms with E-state index in [0.29, 0.717) is 6.04 Å². The Bertz CT molecular complexity index is 426. The van der Waals surface area contributed by atoms with Crippen LogP contribution >= 0.6 is 0 Å². The molecule has 3 rings (SSSR count). The second-order valence-corrected chi connectivity index (χ2v) is 5.97. The summed E-state index contributed by atoms with van der Waals surface area (Å²) in [6.45, 7) is 9.44. The maximum Gasteiger partial charge on any atom is 0.138 e. The molecule has 2 fully saturated rings. The molecule has 2 aliphatic heterocycles. The molecule has 0 spiro atoms. The van der Waals surface area contributed by atoms with Crippen LogP contribution in [0.3, 0.4) is 0 Å². The lowest BCUT2D eigenvalue weighted by molar-refractivity contribution is 0.140. The van der Waals surface area contributed by atoms with Crippen LogP contribution in [0, 0.1) is 19.8 Å². The van der Waals surface area contributed by atoms with E-state index in [4.69, 9.17) is 9.63 Å². The molecule has 0 aliphatic carbocycles. The van der Waals surface area contributed by atoms with Gasteiger partial charge in [0.15, 0.2) is 0 Å². The van der Waals surface area contributed by atoms with Crippen LogP contribution in [-0.2, 0) is 6.54 Å². The Morgan fingerprint density at radius 1 is 1.32 bits per heavy atom. The highest BCUT2D eigenvalue weighted by atomic mass is 16.5. The van der Waals surface area contributed by atoms with E-state index in [1.54, 1.807) is 0 Å². The second kappa shape index (κ2) is 5.23. The summed E-state index contributed by atoms with van der Waals surface area (Å²) in [4.78, 5) is 4.96. The van der Waals surface area contributed by atoms with Gasteiger partial charge in [-0.1, -0.05) is 5.16 Å². The summed E-state index contributed by atoms with van der Waals surface area (Å²) >= 11 is 0. The molecule has 5 nitrogen and oxygen atoms in total. The molecule has 0 radical (unpaired) electrons. The monoisotopic (exact) mass is 265 g/mol. The van der Waals surface area contributed by atoms with Gasteiger partial charge in [-0.25, -0.2) is 0 Å². The van der Waals surface area contributed by atoms with Crippen molar-refractivity contribution in [1.29, 1.82) is 0 Å². The maximum atomic E-state index is 9.12. The van der Waals surface area contributed by atoms with Gasteiger partial charge in [0, 0.05) is 44.3 Å². The first-order chi connectivity index (χ1) is 9.17. The van der Waals surface area contributed by atoms with E-state index < -0.39 is 0 Å². The molecule has 5 heteroatoms. The molecule has 1 aromatic rings. The highest BCUT2D eigenvalue weighted by molar-refractivity contribution is 5.20. The van der Waals surface area contributed by atoms with Crippen molar-refractivity contribution in [3.63, 3.8) is 0 Å². The number of piperidine rings is 1. The molecule has 106 valence electrons. The number of aliphatic hydroxyl groups is 1. The summed E-state index contributed by atoms with van der Waals surface area (Å²) in [5.74, 6) is 1.70. The second-order valence-electron chi connectivity index (χ2n) is 5.97. The molecular formula is C14H23N3O2. The van der Waals surface area contributed by atoms with Crippen molar-refractivity contribution < 1.29 is 9.63 Å². The number of aliphatic hydroxyl groups excluding tert-OH is 1. The summed E-state index contributed by atoms with van der Waals surface area (Å²) in [7, 11) is 0. The first-order valence-corrected chi connectivity index (χ1v) is 7.16. The van der Waals surface area contributed by atoms with Crippen LogP contribution in [0.5, 0.6) is 0 Å². The molecule has 1 N–H and O–H groups in total. The molecule has 0 saturated carbocycles. The zero-order valence-electron chi connectivity index (χ0n) is 11.8. The van der Waals surface area contributed by atoms with E-state index in [1.807, 2.05) is 13.8 Å². The third-order valence-electron chi connectivity index (χ3n) is 4.55. The summed E-state index contributed by atoms with van der Waals surface area (Å²) in [6, 6.07) is 0.617. The Balaban J connectivity index is 1.66. The predicted octanol–water partition coefficient (Wildman–Crippen LogP) is 0.790. The van der Waals surface area contributed by atoms with Crippen LogP contribution in [0.2, 0.25) is 0 Å². The standard InChI is InChI=1S/C14H23N3O2/c1-10-14(11(2)19-15-10)9-16-6-12-5-13(8-16)17(7-12)3-4-18/h12-13,18H,3-9H2,1-2H3. The van der Waals surface area contributed by atoms with Crippen LogP contribution in [-0.4, -0.2) is 58.9 Å². The van der Waals surface area contributed by atoms with Gasteiger partial charge in [0.2, 0.25) is 0 Å². The van der Waals surface area contributed by atoms with Crippen LogP contribution in [0.4, 0.5) is 0 Å². The van der Waals surface area contributed by atoms with Crippen molar-refractivity contribution in [3.05, 3.63) is 17.0 Å². The fraction of sp³-hybridized carbons (Fsp3) is 0.786. The van der Waals surface area contributed by atoms with Crippen LogP contribution in [0.1, 0.15) is 23.4 Å². The van der Waals surface area contributed by atoms with Gasteiger partial charge >= 0.3 is 0 Å². The van der Waals surface area contributed by atoms with Gasteiger partial charge in [0.1, 0.15) is 5.76 Å². The Morgan fingerprint density at radius 3 is 2.84 bits per heavy atom. The Kier molecular flexibility index (Phi) is 3.60. The molecule has 2 aliphatic rings. The molecule has 2 bridgehead atoms. The maximum absolute atomic E-state index is 9.12. The van der Waals surface area contributed by atoms with Gasteiger partial charge in [0.05, 0.1) is 12.3 Å². The SMILES string of the molecule is Cc1noc(C)c1CN1CC2CC(C1)N(CCO)C2. The average molecular weight is 265 g/mol. The highest BCUT2D eigenvalue weighted by Crippen LogP contribution is 2.30. The van der Waals surface area contributed by atoms with Crippen molar-refractivity contribution in [1.82, 2.24) is 15.0 Å². The first kappa shape index (κ1) is 13.1. The summed E-state index contributed by atoms with van der Waals surface area (Å²) in [5, 5.41) is 13.2. The van der Waals surface area contributed by atoms with E-state index in [9.17, 15) is 0 Å². The number of aryl methyl sites for hydroxylation is 2. The van der Waals surface area contributed by atoms with Gasteiger partial charge in [-0.2, -0.15) is 0 Å². The van der Waals surface area contributed by atoms with E-state index in [2.05, 4.69) is 15.0 Å². The van der Waals surface area contributed by atoms with E-state index >= 15 is 0 Å². The van der Waals surface area contributed by atoms with Crippen LogP contribution < -0.4 is 0 Å². The van der Waals surface area contributed by atoms with E-state index in [0.717, 1.165) is 50.1 Å². The van der Waals surface area contributed by atoms with Gasteiger partial charge in [-0.3, -0.25) is 9.80 Å². The summed E-state index contributed by atoms with van der Waals surface area (Å²) in [6.07, 6.45) is 1.29. The third-order valence-corrected chi connectivity index (χ3v) is 4.55. The number of hydrogen-bond acceptors (Lipinski definition) is 5. The van der Waals surface area contributed by atoms with Crippen molar-refractivity contribution in [2.45, 2.75) is 32.9 Å². The van der Waals surface area contributed by atoms with Crippen molar-refractivity contribution in [3.8, 4) is 0 Å². The zero-order valence-corrected chi connectivity index (χ0v) is 11.8. The van der Waals surface area contributed by atoms with Crippen LogP contribution in [0.15, 0.2) is 4.52 Å². The molecule has 2 atom stereocenters. The van der Waals surface area contributed by atoms with E-state index in [1.165, 1.54) is 12.0 Å². The Labute approximate surface area is 114 Å². The van der Waals surface area contributed by atoms with Gasteiger partial charge in [-0.05, 0) is 26.2 Å². The number of likely N-dealkylation sites (tertiary alicyclic amines) is 2. The minimum atomic E-state index is 0.271. The minimum Gasteiger partial charge on any atom is -0.395 e. The molecule has 2 unspecified atom stereocenters. The number of hydrogen-bond donors (Lipinski definition) is 1. The molecule has 0 aromatic carbocycles. The highest BCUT2D eigenvalue weighted by Gasteiger charge is 2.38. The number of β-amino-alcohol motifs (C(OH)–C–C–N with tert-alkyl or cyclic N) is 1. The van der Waals surface area contributed by atoms with Crippen molar-refractivity contribution in [2.24, 2.45) is 5.92 Å². The van der Waals surface area contributed by atoms with E-state index in [-0.39, 0.29) is 6.61 Å². The summed E-state index contributed by atoms with van der Waals surface area (Å²) in [5.41, 5.74) is 2.26. The molecule has 19 heavy (non-hydrogen) atoms. The van der Waals surface area contributed by atoms with Gasteiger partial charge in [-0.15, -0.1) is 0 Å². The minimum absolute atomic E-state index is 0.271. The normalized spacial score (nSPS) is 28.2. The lowest BCUT2D eigenvalue weighted by Crippen LogP contribution is -2.42. The largest absolute Gasteiger partial charge is 0.395 e. The molecule has 3 heterocycles. The van der Waals surface area contributed by atoms with Gasteiger partial charge in [0.25, 0.3) is 0 Å². The third kappa shape index (κ3) is 2.55. The van der Waals surface area contributed by atoms with Crippen molar-refractivity contribution in [2.75, 3.05) is 32.8 Å². The topological polar surface area (TPSA) is 52.7 Å². The number of fused-ring (bicyclic) bond motifs is 2. The predicted molar refractivity (Wildman–Crippen MR) is 71.8 cm³/mol. The number of aromatic nitrogens is 1. The van der Waals surface area contributed by atoms with Gasteiger partial charge < -0.3 is 9.63 Å². The Hall–Kier alpha value is -0.910. The fourth-order valence-corrected chi connectivity index (χ4v) is 3.63. The van der Waals surface area contributed by atoms with Crippen molar-refractivity contribution >= 4 is 0 Å². The number of nitrogens with zero attached hydrogens (tertiary/aromatic N) is 3. The lowest BCUT2D eigenvalue weighted by atomic mass is 9.99. The quantitative estimate of drug-likeness (QED) is 0.872. The smallest absolute Gasteiger partial charge is 0.138 e. The Morgan fingerprint density at radius 2 is 2.16 bits per heavy atom. The molecule has 0 amide bonds. The zero-order chi connectivity index (χ0) is 13.4. The lowest BCUT2D eigenvalue weighted by Gasteiger charge is -2.32. The first-order valence-electron chi connectivity index (χ1n) is 7.16. The van der Waals surface area contributed by atoms with Crippen LogP contribution in [0.25, 0.3) is 0 Å². The molecular weight excluding hydrogens is 242 g/mol. The number of rotatable bonds is 4.